The summed E-state index contributed by atoms with van der Waals surface area (Å²) in [5.41, 5.74) is 0.505. The molecule has 0 atom stereocenters. The second-order valence-electron chi connectivity index (χ2n) is 3.62. The molecule has 8 nitrogen and oxygen atoms in total. The summed E-state index contributed by atoms with van der Waals surface area (Å²) in [5, 5.41) is 23.3. The lowest BCUT2D eigenvalue weighted by molar-refractivity contribution is -0.385. The van der Waals surface area contributed by atoms with Crippen molar-refractivity contribution >= 4 is 17.9 Å². The molecule has 1 aromatic rings. The number of carbonyl (C=O) groups excluding carboxylic acids is 1. The van der Waals surface area contributed by atoms with Crippen LogP contribution >= 0.6 is 0 Å². The van der Waals surface area contributed by atoms with Crippen molar-refractivity contribution in [3.63, 3.8) is 0 Å². The number of carbonyl (C=O) groups is 1. The number of rotatable bonds is 7. The minimum atomic E-state index is -0.580. The summed E-state index contributed by atoms with van der Waals surface area (Å²) < 4.78 is 4.63. The van der Waals surface area contributed by atoms with Crippen LogP contribution in [0.2, 0.25) is 0 Å². The van der Waals surface area contributed by atoms with Gasteiger partial charge in [0.1, 0.15) is 0 Å². The van der Waals surface area contributed by atoms with Crippen molar-refractivity contribution in [3.8, 4) is 0 Å². The summed E-state index contributed by atoms with van der Waals surface area (Å²) in [6.45, 7) is 1.16. The van der Waals surface area contributed by atoms with Crippen molar-refractivity contribution in [2.75, 3.05) is 13.2 Å². The number of benzene rings is 1. The normalized spacial score (nSPS) is 10.5. The lowest BCUT2D eigenvalue weighted by Crippen LogP contribution is -2.10. The smallest absolute Gasteiger partial charge is 0.347 e. The number of nitrogens with zero attached hydrogens (tertiary/aromatic N) is 2. The van der Waals surface area contributed by atoms with Crippen molar-refractivity contribution in [1.29, 1.82) is 0 Å². The van der Waals surface area contributed by atoms with Gasteiger partial charge in [-0.1, -0.05) is 5.16 Å². The highest BCUT2D eigenvalue weighted by Crippen LogP contribution is 2.19. The summed E-state index contributed by atoms with van der Waals surface area (Å²) in [5.74, 6) is -0.538. The van der Waals surface area contributed by atoms with Crippen LogP contribution in [0.4, 0.5) is 5.69 Å². The molecule has 0 heterocycles. The average Bonchev–Trinajstić information content (AvgIpc) is 2.43. The lowest BCUT2D eigenvalue weighted by Gasteiger charge is -2.01. The van der Waals surface area contributed by atoms with Gasteiger partial charge in [-0.05, 0) is 24.6 Å². The molecule has 0 aromatic heterocycles. The SMILES string of the molecule is CCOC(=O)CO/N=C/c1ccc([N+](=O)[O-])c(CO)c1. The minimum Gasteiger partial charge on any atom is -0.463 e. The van der Waals surface area contributed by atoms with Crippen LogP contribution in [0.5, 0.6) is 0 Å². The Labute approximate surface area is 114 Å². The highest BCUT2D eigenvalue weighted by molar-refractivity contribution is 5.80. The van der Waals surface area contributed by atoms with Crippen LogP contribution in [0.15, 0.2) is 23.4 Å². The molecule has 0 spiro atoms. The molecule has 1 rings (SSSR count). The Morgan fingerprint density at radius 3 is 2.90 bits per heavy atom. The van der Waals surface area contributed by atoms with Gasteiger partial charge in [0.05, 0.1) is 29.9 Å². The van der Waals surface area contributed by atoms with Gasteiger partial charge in [-0.2, -0.15) is 0 Å². The molecule has 1 N–H and O–H groups in total. The number of nitro groups is 1. The maximum absolute atomic E-state index is 10.9. The van der Waals surface area contributed by atoms with Crippen LogP contribution in [0.1, 0.15) is 18.1 Å². The molecule has 0 amide bonds. The second kappa shape index (κ2) is 7.85. The molecule has 0 bridgehead atoms. The number of hydrogen-bond acceptors (Lipinski definition) is 7. The van der Waals surface area contributed by atoms with E-state index >= 15 is 0 Å². The number of ether oxygens (including phenoxy) is 1. The third-order valence-corrected chi connectivity index (χ3v) is 2.23. The Hall–Kier alpha value is -2.48. The monoisotopic (exact) mass is 282 g/mol. The highest BCUT2D eigenvalue weighted by atomic mass is 16.7. The first-order valence-corrected chi connectivity index (χ1v) is 5.77. The fourth-order valence-corrected chi connectivity index (χ4v) is 1.38. The molecule has 1 aromatic carbocycles. The van der Waals surface area contributed by atoms with Crippen LogP contribution in [0, 0.1) is 10.1 Å². The Morgan fingerprint density at radius 2 is 2.30 bits per heavy atom. The van der Waals surface area contributed by atoms with E-state index < -0.39 is 17.5 Å². The molecule has 0 aliphatic rings. The van der Waals surface area contributed by atoms with E-state index in [4.69, 9.17) is 9.94 Å². The van der Waals surface area contributed by atoms with Crippen LogP contribution in [-0.4, -0.2) is 35.4 Å². The van der Waals surface area contributed by atoms with Gasteiger partial charge >= 0.3 is 5.97 Å². The molecule has 0 saturated heterocycles. The van der Waals surface area contributed by atoms with Gasteiger partial charge in [-0.3, -0.25) is 10.1 Å². The van der Waals surface area contributed by atoms with E-state index in [1.807, 2.05) is 0 Å². The molecule has 0 saturated carbocycles. The van der Waals surface area contributed by atoms with Crippen molar-refractivity contribution in [1.82, 2.24) is 0 Å². The number of nitro benzene ring substituents is 1. The number of aliphatic hydroxyl groups excluding tert-OH is 1. The van der Waals surface area contributed by atoms with Crippen molar-refractivity contribution < 1.29 is 24.4 Å². The Bertz CT molecular complexity index is 515. The molecule has 20 heavy (non-hydrogen) atoms. The number of hydrogen-bond donors (Lipinski definition) is 1. The van der Waals surface area contributed by atoms with E-state index in [1.54, 1.807) is 6.92 Å². The third-order valence-electron chi connectivity index (χ3n) is 2.23. The Kier molecular flexibility index (Phi) is 6.11. The molecule has 0 unspecified atom stereocenters. The maximum Gasteiger partial charge on any atom is 0.347 e. The van der Waals surface area contributed by atoms with Gasteiger partial charge < -0.3 is 14.7 Å². The van der Waals surface area contributed by atoms with E-state index in [0.717, 1.165) is 0 Å². The molecule has 108 valence electrons. The zero-order chi connectivity index (χ0) is 15.0. The first-order chi connectivity index (χ1) is 9.58. The van der Waals surface area contributed by atoms with Gasteiger partial charge in [-0.15, -0.1) is 0 Å². The minimum absolute atomic E-state index is 0.169. The van der Waals surface area contributed by atoms with Crippen LogP contribution in [0.25, 0.3) is 0 Å². The van der Waals surface area contributed by atoms with E-state index in [-0.39, 0.29) is 24.5 Å². The summed E-state index contributed by atoms with van der Waals surface area (Å²) >= 11 is 0. The first kappa shape index (κ1) is 15.6. The fraction of sp³-hybridized carbons (Fsp3) is 0.333. The molecular weight excluding hydrogens is 268 g/mol. The van der Waals surface area contributed by atoms with Crippen LogP contribution in [0.3, 0.4) is 0 Å². The molecular formula is C12H14N2O6. The Morgan fingerprint density at radius 1 is 1.55 bits per heavy atom. The quantitative estimate of drug-likeness (QED) is 0.345. The van der Waals surface area contributed by atoms with Gasteiger partial charge in [0.25, 0.3) is 5.69 Å². The van der Waals surface area contributed by atoms with Crippen molar-refractivity contribution in [3.05, 3.63) is 39.4 Å². The summed E-state index contributed by atoms with van der Waals surface area (Å²) in [4.78, 5) is 25.7. The highest BCUT2D eigenvalue weighted by Gasteiger charge is 2.12. The predicted molar refractivity (Wildman–Crippen MR) is 69.2 cm³/mol. The fourth-order valence-electron chi connectivity index (χ4n) is 1.38. The summed E-state index contributed by atoms with van der Waals surface area (Å²) in [7, 11) is 0. The van der Waals surface area contributed by atoms with Gasteiger partial charge in [0.2, 0.25) is 6.61 Å². The second-order valence-corrected chi connectivity index (χ2v) is 3.62. The standard InChI is InChI=1S/C12H14N2O6/c1-2-19-12(16)8-20-13-6-9-3-4-11(14(17)18)10(5-9)7-15/h3-6,15H,2,7-8H2,1H3/b13-6+. The van der Waals surface area contributed by atoms with Crippen molar-refractivity contribution in [2.45, 2.75) is 13.5 Å². The average molecular weight is 282 g/mol. The molecule has 0 aliphatic carbocycles. The van der Waals surface area contributed by atoms with E-state index in [9.17, 15) is 14.9 Å². The van der Waals surface area contributed by atoms with Gasteiger partial charge in [-0.25, -0.2) is 4.79 Å². The van der Waals surface area contributed by atoms with Gasteiger partial charge in [0.15, 0.2) is 0 Å². The van der Waals surface area contributed by atoms with E-state index in [2.05, 4.69) is 9.89 Å². The largest absolute Gasteiger partial charge is 0.463 e. The topological polar surface area (TPSA) is 111 Å². The van der Waals surface area contributed by atoms with Gasteiger partial charge in [0, 0.05) is 6.07 Å². The number of aliphatic hydroxyl groups is 1. The molecule has 0 radical (unpaired) electrons. The number of esters is 1. The predicted octanol–water partition coefficient (Wildman–Crippen LogP) is 1.00. The Balaban J connectivity index is 2.64. The summed E-state index contributed by atoms with van der Waals surface area (Å²) in [6, 6.07) is 4.13. The van der Waals surface area contributed by atoms with Crippen LogP contribution < -0.4 is 0 Å². The van der Waals surface area contributed by atoms with E-state index in [0.29, 0.717) is 5.56 Å². The molecule has 0 fully saturated rings. The van der Waals surface area contributed by atoms with Crippen LogP contribution in [-0.2, 0) is 21.0 Å². The van der Waals surface area contributed by atoms with E-state index in [1.165, 1.54) is 24.4 Å². The zero-order valence-corrected chi connectivity index (χ0v) is 10.8. The van der Waals surface area contributed by atoms with Crippen molar-refractivity contribution in [2.24, 2.45) is 5.16 Å². The maximum atomic E-state index is 10.9. The lowest BCUT2D eigenvalue weighted by atomic mass is 10.1. The molecule has 8 heteroatoms. The first-order valence-electron chi connectivity index (χ1n) is 5.77. The molecule has 0 aliphatic heterocycles. The number of oxime groups is 1. The third kappa shape index (κ3) is 4.65. The zero-order valence-electron chi connectivity index (χ0n) is 10.8. The summed E-state index contributed by atoms with van der Waals surface area (Å²) in [6.07, 6.45) is 1.28.